The zero-order valence-corrected chi connectivity index (χ0v) is 9.60. The van der Waals surface area contributed by atoms with Crippen molar-refractivity contribution in [3.63, 3.8) is 0 Å². The first-order chi connectivity index (χ1) is 5.57. The van der Waals surface area contributed by atoms with Crippen molar-refractivity contribution in [3.05, 3.63) is 11.6 Å². The van der Waals surface area contributed by atoms with Gasteiger partial charge in [0.25, 0.3) is 0 Å². The molecule has 1 nitrogen and oxygen atoms in total. The van der Waals surface area contributed by atoms with Crippen LogP contribution in [0.1, 0.15) is 48.5 Å². The zero-order chi connectivity index (χ0) is 10.1. The van der Waals surface area contributed by atoms with Crippen LogP contribution in [-0.4, -0.2) is 11.8 Å². The molecule has 0 bridgehead atoms. The smallest absolute Gasteiger partial charge is 0.0446 e. The predicted octanol–water partition coefficient (Wildman–Crippen LogP) is 3.85. The fourth-order valence-electron chi connectivity index (χ4n) is 0.698. The van der Waals surface area contributed by atoms with Crippen LogP contribution in [0.4, 0.5) is 0 Å². The summed E-state index contributed by atoms with van der Waals surface area (Å²) in [7, 11) is 0. The molecule has 0 unspecified atom stereocenters. The van der Waals surface area contributed by atoms with Gasteiger partial charge in [0.2, 0.25) is 0 Å². The maximum Gasteiger partial charge on any atom is 0.0446 e. The molecule has 0 aliphatic carbocycles. The highest BCUT2D eigenvalue weighted by Crippen LogP contribution is 1.98. The molecule has 0 amide bonds. The van der Waals surface area contributed by atoms with Crippen LogP contribution in [0, 0.1) is 0 Å². The number of nitrogens with zero attached hydrogens (tertiary/aromatic N) is 1. The van der Waals surface area contributed by atoms with Gasteiger partial charge in [0.05, 0.1) is 0 Å². The molecule has 12 heavy (non-hydrogen) atoms. The normalized spacial score (nSPS) is 12.7. The largest absolute Gasteiger partial charge is 0.287 e. The fraction of sp³-hybridized carbons (Fsp3) is 0.727. The van der Waals surface area contributed by atoms with Gasteiger partial charge in [-0.05, 0) is 40.2 Å². The van der Waals surface area contributed by atoms with Crippen LogP contribution < -0.4 is 0 Å². The highest BCUT2D eigenvalue weighted by molar-refractivity contribution is 5.97. The minimum absolute atomic E-state index is 0.412. The highest BCUT2D eigenvalue weighted by atomic mass is 14.8. The van der Waals surface area contributed by atoms with Crippen molar-refractivity contribution in [3.8, 4) is 0 Å². The van der Waals surface area contributed by atoms with Crippen LogP contribution in [0.3, 0.4) is 0 Å². The molecule has 0 fully saturated rings. The van der Waals surface area contributed by atoms with Gasteiger partial charge in [-0.1, -0.05) is 19.9 Å². The monoisotopic (exact) mass is 169 g/mol. The second-order valence-corrected chi connectivity index (χ2v) is 2.78. The first kappa shape index (κ1) is 14.0. The summed E-state index contributed by atoms with van der Waals surface area (Å²) in [5.74, 6) is 0. The van der Waals surface area contributed by atoms with Gasteiger partial charge in [-0.3, -0.25) is 4.99 Å². The van der Waals surface area contributed by atoms with E-state index in [0.29, 0.717) is 6.04 Å². The van der Waals surface area contributed by atoms with E-state index in [1.807, 2.05) is 20.8 Å². The van der Waals surface area contributed by atoms with Gasteiger partial charge in [-0.25, -0.2) is 0 Å². The van der Waals surface area contributed by atoms with Crippen molar-refractivity contribution in [1.29, 1.82) is 0 Å². The SMILES string of the molecule is C/C=C(/C)C(C)=NC(C)C.CC. The lowest BCUT2D eigenvalue weighted by molar-refractivity contribution is 0.835. The van der Waals surface area contributed by atoms with Gasteiger partial charge < -0.3 is 0 Å². The Morgan fingerprint density at radius 1 is 1.17 bits per heavy atom. The van der Waals surface area contributed by atoms with Gasteiger partial charge in [0.1, 0.15) is 0 Å². The number of aliphatic imine (C=N–C) groups is 1. The average molecular weight is 169 g/mol. The Hall–Kier alpha value is -0.590. The molecular weight excluding hydrogens is 146 g/mol. The zero-order valence-electron chi connectivity index (χ0n) is 9.60. The Bertz CT molecular complexity index is 152. The Labute approximate surface area is 77.6 Å². The molecule has 0 N–H and O–H groups in total. The van der Waals surface area contributed by atoms with Gasteiger partial charge in [-0.2, -0.15) is 0 Å². The Morgan fingerprint density at radius 2 is 1.58 bits per heavy atom. The van der Waals surface area contributed by atoms with E-state index in [1.54, 1.807) is 0 Å². The Morgan fingerprint density at radius 3 is 1.83 bits per heavy atom. The van der Waals surface area contributed by atoms with Crippen molar-refractivity contribution in [2.75, 3.05) is 0 Å². The molecule has 0 spiro atoms. The Balaban J connectivity index is 0. The van der Waals surface area contributed by atoms with Crippen LogP contribution in [0.15, 0.2) is 16.6 Å². The number of allylic oxidation sites excluding steroid dienone is 2. The first-order valence-corrected chi connectivity index (χ1v) is 4.75. The van der Waals surface area contributed by atoms with Crippen LogP contribution in [0.2, 0.25) is 0 Å². The quantitative estimate of drug-likeness (QED) is 0.557. The van der Waals surface area contributed by atoms with Gasteiger partial charge in [0, 0.05) is 11.8 Å². The molecule has 0 radical (unpaired) electrons. The molecule has 0 rings (SSSR count). The molecule has 0 aromatic heterocycles. The van der Waals surface area contributed by atoms with Crippen molar-refractivity contribution in [1.82, 2.24) is 0 Å². The van der Waals surface area contributed by atoms with E-state index in [1.165, 1.54) is 5.57 Å². The van der Waals surface area contributed by atoms with E-state index in [-0.39, 0.29) is 0 Å². The first-order valence-electron chi connectivity index (χ1n) is 4.75. The molecule has 0 saturated carbocycles. The second kappa shape index (κ2) is 8.51. The molecular formula is C11H23N. The third kappa shape index (κ3) is 7.52. The maximum absolute atomic E-state index is 4.40. The standard InChI is InChI=1S/C9H17N.C2H6/c1-6-8(4)9(5)10-7(2)3;1-2/h6-7H,1-5H3;1-2H3/b8-6-,10-9?;. The van der Waals surface area contributed by atoms with E-state index in [4.69, 9.17) is 0 Å². The third-order valence-electron chi connectivity index (χ3n) is 1.46. The minimum atomic E-state index is 0.412. The summed E-state index contributed by atoms with van der Waals surface area (Å²) in [4.78, 5) is 4.40. The lowest BCUT2D eigenvalue weighted by Crippen LogP contribution is -1.98. The number of hydrogen-bond donors (Lipinski definition) is 0. The van der Waals surface area contributed by atoms with Crippen LogP contribution in [0.5, 0.6) is 0 Å². The molecule has 0 aliphatic rings. The van der Waals surface area contributed by atoms with Crippen LogP contribution >= 0.6 is 0 Å². The van der Waals surface area contributed by atoms with E-state index >= 15 is 0 Å². The summed E-state index contributed by atoms with van der Waals surface area (Å²) < 4.78 is 0. The molecule has 0 aromatic carbocycles. The number of hydrogen-bond acceptors (Lipinski definition) is 1. The summed E-state index contributed by atoms with van der Waals surface area (Å²) in [6.45, 7) is 14.4. The molecule has 0 aliphatic heterocycles. The molecule has 1 heteroatoms. The summed E-state index contributed by atoms with van der Waals surface area (Å²) in [5.41, 5.74) is 2.42. The molecule has 0 atom stereocenters. The molecule has 72 valence electrons. The second-order valence-electron chi connectivity index (χ2n) is 2.78. The van der Waals surface area contributed by atoms with E-state index in [9.17, 15) is 0 Å². The van der Waals surface area contributed by atoms with E-state index in [0.717, 1.165) is 5.71 Å². The van der Waals surface area contributed by atoms with E-state index < -0.39 is 0 Å². The van der Waals surface area contributed by atoms with Crippen LogP contribution in [-0.2, 0) is 0 Å². The lowest BCUT2D eigenvalue weighted by atomic mass is 10.2. The minimum Gasteiger partial charge on any atom is -0.287 e. The van der Waals surface area contributed by atoms with Gasteiger partial charge >= 0.3 is 0 Å². The summed E-state index contributed by atoms with van der Waals surface area (Å²) in [6.07, 6.45) is 2.08. The topological polar surface area (TPSA) is 12.4 Å². The van der Waals surface area contributed by atoms with Crippen molar-refractivity contribution in [2.24, 2.45) is 4.99 Å². The summed E-state index contributed by atoms with van der Waals surface area (Å²) in [6, 6.07) is 0.412. The maximum atomic E-state index is 4.40. The van der Waals surface area contributed by atoms with Crippen LogP contribution in [0.25, 0.3) is 0 Å². The summed E-state index contributed by atoms with van der Waals surface area (Å²) >= 11 is 0. The Kier molecular flexibility index (Phi) is 9.90. The van der Waals surface area contributed by atoms with Crippen molar-refractivity contribution in [2.45, 2.75) is 54.5 Å². The van der Waals surface area contributed by atoms with Gasteiger partial charge in [0.15, 0.2) is 0 Å². The molecule has 0 heterocycles. The van der Waals surface area contributed by atoms with Gasteiger partial charge in [-0.15, -0.1) is 0 Å². The van der Waals surface area contributed by atoms with Crippen molar-refractivity contribution >= 4 is 5.71 Å². The molecule has 0 aromatic rings. The van der Waals surface area contributed by atoms with Crippen molar-refractivity contribution < 1.29 is 0 Å². The lowest BCUT2D eigenvalue weighted by Gasteiger charge is -2.01. The third-order valence-corrected chi connectivity index (χ3v) is 1.46. The summed E-state index contributed by atoms with van der Waals surface area (Å²) in [5, 5.41) is 0. The fourth-order valence-corrected chi connectivity index (χ4v) is 0.698. The van der Waals surface area contributed by atoms with E-state index in [2.05, 4.69) is 38.8 Å². The predicted molar refractivity (Wildman–Crippen MR) is 59.0 cm³/mol. The molecule has 0 saturated heterocycles. The highest BCUT2D eigenvalue weighted by Gasteiger charge is 1.93. The average Bonchev–Trinajstić information content (AvgIpc) is 2.05. The number of rotatable bonds is 2.